The summed E-state index contributed by atoms with van der Waals surface area (Å²) < 4.78 is 0.637. The van der Waals surface area contributed by atoms with Gasteiger partial charge >= 0.3 is 0 Å². The van der Waals surface area contributed by atoms with Crippen molar-refractivity contribution < 1.29 is 4.79 Å². The molecule has 1 aromatic rings. The van der Waals surface area contributed by atoms with Crippen molar-refractivity contribution in [1.82, 2.24) is 9.97 Å². The molecule has 0 radical (unpaired) electrons. The molecule has 6 nitrogen and oxygen atoms in total. The Balaban J connectivity index is 2.26. The smallest absolute Gasteiger partial charge is 0.228 e. The number of hydrogen-bond donors (Lipinski definition) is 2. The fraction of sp³-hybridized carbons (Fsp3) is 0.545. The number of nitrogen functional groups attached to an aromatic ring is 1. The molecule has 0 saturated carbocycles. The van der Waals surface area contributed by atoms with Gasteiger partial charge in [-0.25, -0.2) is 4.98 Å². The van der Waals surface area contributed by atoms with Crippen molar-refractivity contribution in [2.75, 3.05) is 17.2 Å². The van der Waals surface area contributed by atoms with Gasteiger partial charge < -0.3 is 16.4 Å². The van der Waals surface area contributed by atoms with Gasteiger partial charge in [-0.1, -0.05) is 0 Å². The zero-order valence-corrected chi connectivity index (χ0v) is 11.7. The molecular formula is C11H16BrN5O. The van der Waals surface area contributed by atoms with Crippen molar-refractivity contribution in [2.45, 2.75) is 25.8 Å². The Labute approximate surface area is 114 Å². The highest BCUT2D eigenvalue weighted by molar-refractivity contribution is 9.10. The van der Waals surface area contributed by atoms with Crippen LogP contribution in [0.1, 0.15) is 19.8 Å². The lowest BCUT2D eigenvalue weighted by atomic mass is 9.93. The minimum absolute atomic E-state index is 0.148. The van der Waals surface area contributed by atoms with Gasteiger partial charge in [0.15, 0.2) is 0 Å². The molecule has 2 heterocycles. The van der Waals surface area contributed by atoms with Crippen LogP contribution in [0, 0.1) is 5.92 Å². The van der Waals surface area contributed by atoms with Gasteiger partial charge in [0.05, 0.1) is 5.92 Å². The number of carbonyl (C=O) groups excluding carboxylic acids is 1. The van der Waals surface area contributed by atoms with E-state index in [1.54, 1.807) is 6.07 Å². The number of carbonyl (C=O) groups is 1. The van der Waals surface area contributed by atoms with Crippen LogP contribution >= 0.6 is 15.9 Å². The lowest BCUT2D eigenvalue weighted by molar-refractivity contribution is -0.122. The molecule has 2 rings (SSSR count). The number of nitrogens with zero attached hydrogens (tertiary/aromatic N) is 3. The molecule has 0 spiro atoms. The number of piperidine rings is 1. The molecule has 18 heavy (non-hydrogen) atoms. The van der Waals surface area contributed by atoms with Crippen molar-refractivity contribution in [1.29, 1.82) is 0 Å². The van der Waals surface area contributed by atoms with E-state index >= 15 is 0 Å². The fourth-order valence-corrected chi connectivity index (χ4v) is 2.56. The lowest BCUT2D eigenvalue weighted by Crippen LogP contribution is -2.46. The molecule has 0 aliphatic carbocycles. The number of halogens is 1. The number of hydrogen-bond acceptors (Lipinski definition) is 5. The van der Waals surface area contributed by atoms with E-state index in [4.69, 9.17) is 11.5 Å². The summed E-state index contributed by atoms with van der Waals surface area (Å²) >= 11 is 3.29. The Morgan fingerprint density at radius 2 is 2.22 bits per heavy atom. The summed E-state index contributed by atoms with van der Waals surface area (Å²) in [6, 6.07) is 1.92. The minimum Gasteiger partial charge on any atom is -0.383 e. The highest BCUT2D eigenvalue weighted by Gasteiger charge is 2.30. The zero-order valence-electron chi connectivity index (χ0n) is 10.1. The van der Waals surface area contributed by atoms with Gasteiger partial charge in [0, 0.05) is 18.7 Å². The zero-order chi connectivity index (χ0) is 13.3. The first-order chi connectivity index (χ1) is 8.47. The monoisotopic (exact) mass is 313 g/mol. The molecule has 1 aliphatic heterocycles. The Hall–Kier alpha value is -1.37. The van der Waals surface area contributed by atoms with Gasteiger partial charge in [0.25, 0.3) is 0 Å². The largest absolute Gasteiger partial charge is 0.383 e. The minimum atomic E-state index is -0.269. The number of nitrogens with two attached hydrogens (primary N) is 2. The molecule has 98 valence electrons. The van der Waals surface area contributed by atoms with Crippen LogP contribution < -0.4 is 16.4 Å². The van der Waals surface area contributed by atoms with Crippen LogP contribution in [0.25, 0.3) is 0 Å². The number of rotatable bonds is 2. The second-order valence-corrected chi connectivity index (χ2v) is 5.41. The van der Waals surface area contributed by atoms with Gasteiger partial charge in [-0.15, -0.1) is 0 Å². The van der Waals surface area contributed by atoms with Crippen LogP contribution in [0.3, 0.4) is 0 Å². The normalized spacial score (nSPS) is 24.0. The lowest BCUT2D eigenvalue weighted by Gasteiger charge is -2.36. The Morgan fingerprint density at radius 1 is 1.50 bits per heavy atom. The quantitative estimate of drug-likeness (QED) is 0.791. The summed E-state index contributed by atoms with van der Waals surface area (Å²) in [5.74, 6) is 0.528. The van der Waals surface area contributed by atoms with Crippen LogP contribution in [0.4, 0.5) is 11.8 Å². The molecule has 2 unspecified atom stereocenters. The summed E-state index contributed by atoms with van der Waals surface area (Å²) in [5, 5.41) is 0. The van der Waals surface area contributed by atoms with E-state index in [1.165, 1.54) is 0 Å². The maximum absolute atomic E-state index is 11.3. The molecular weight excluding hydrogens is 298 g/mol. The third-order valence-electron chi connectivity index (χ3n) is 3.24. The molecule has 1 fully saturated rings. The van der Waals surface area contributed by atoms with E-state index in [9.17, 15) is 4.79 Å². The SMILES string of the molecule is CC1CCC(C(N)=O)CN1c1nc(N)cc(Br)n1. The predicted octanol–water partition coefficient (Wildman–Crippen LogP) is 0.911. The van der Waals surface area contributed by atoms with Crippen LogP contribution in [-0.2, 0) is 4.79 Å². The molecule has 1 saturated heterocycles. The molecule has 4 N–H and O–H groups in total. The van der Waals surface area contributed by atoms with Gasteiger partial charge in [-0.2, -0.15) is 4.98 Å². The number of aromatic nitrogens is 2. The first kappa shape index (κ1) is 13.1. The number of anilines is 2. The highest BCUT2D eigenvalue weighted by Crippen LogP contribution is 2.26. The molecule has 1 aromatic heterocycles. The standard InChI is InChI=1S/C11H16BrN5O/c1-6-2-3-7(10(14)18)5-17(6)11-15-8(12)4-9(13)16-11/h4,6-7H,2-3,5H2,1H3,(H2,14,18)(H2,13,15,16). The molecule has 0 bridgehead atoms. The third-order valence-corrected chi connectivity index (χ3v) is 3.65. The summed E-state index contributed by atoms with van der Waals surface area (Å²) in [4.78, 5) is 21.8. The summed E-state index contributed by atoms with van der Waals surface area (Å²) in [6.45, 7) is 2.63. The van der Waals surface area contributed by atoms with Crippen molar-refractivity contribution in [3.8, 4) is 0 Å². The first-order valence-electron chi connectivity index (χ1n) is 5.83. The molecule has 0 aromatic carbocycles. The van der Waals surface area contributed by atoms with Gasteiger partial charge in [-0.05, 0) is 35.7 Å². The first-order valence-corrected chi connectivity index (χ1v) is 6.62. The van der Waals surface area contributed by atoms with Crippen LogP contribution in [0.5, 0.6) is 0 Å². The van der Waals surface area contributed by atoms with E-state index in [-0.39, 0.29) is 17.9 Å². The second-order valence-electron chi connectivity index (χ2n) is 4.59. The van der Waals surface area contributed by atoms with Crippen LogP contribution in [-0.4, -0.2) is 28.5 Å². The van der Waals surface area contributed by atoms with Gasteiger partial charge in [-0.3, -0.25) is 4.79 Å². The van der Waals surface area contributed by atoms with E-state index in [0.717, 1.165) is 12.8 Å². The Morgan fingerprint density at radius 3 is 2.83 bits per heavy atom. The highest BCUT2D eigenvalue weighted by atomic mass is 79.9. The van der Waals surface area contributed by atoms with Crippen LogP contribution in [0.15, 0.2) is 10.7 Å². The molecule has 7 heteroatoms. The van der Waals surface area contributed by atoms with Crippen LogP contribution in [0.2, 0.25) is 0 Å². The van der Waals surface area contributed by atoms with Crippen molar-refractivity contribution in [3.63, 3.8) is 0 Å². The summed E-state index contributed by atoms with van der Waals surface area (Å²) in [5.41, 5.74) is 11.1. The average Bonchev–Trinajstić information content (AvgIpc) is 2.27. The topological polar surface area (TPSA) is 98.1 Å². The van der Waals surface area contributed by atoms with E-state index in [2.05, 4.69) is 32.8 Å². The maximum atomic E-state index is 11.3. The average molecular weight is 314 g/mol. The Bertz CT molecular complexity index is 446. The van der Waals surface area contributed by atoms with E-state index in [0.29, 0.717) is 22.9 Å². The second kappa shape index (κ2) is 5.09. The summed E-state index contributed by atoms with van der Waals surface area (Å²) in [6.07, 6.45) is 1.71. The van der Waals surface area contributed by atoms with Crippen molar-refractivity contribution in [2.24, 2.45) is 11.7 Å². The molecule has 1 aliphatic rings. The van der Waals surface area contributed by atoms with E-state index < -0.39 is 0 Å². The van der Waals surface area contributed by atoms with Gasteiger partial charge in [0.1, 0.15) is 10.4 Å². The number of primary amides is 1. The maximum Gasteiger partial charge on any atom is 0.228 e. The predicted molar refractivity (Wildman–Crippen MR) is 72.9 cm³/mol. The molecule has 2 atom stereocenters. The van der Waals surface area contributed by atoms with E-state index in [1.807, 2.05) is 4.90 Å². The van der Waals surface area contributed by atoms with Crippen molar-refractivity contribution in [3.05, 3.63) is 10.7 Å². The number of amides is 1. The summed E-state index contributed by atoms with van der Waals surface area (Å²) in [7, 11) is 0. The fourth-order valence-electron chi connectivity index (χ4n) is 2.17. The van der Waals surface area contributed by atoms with Gasteiger partial charge in [0.2, 0.25) is 11.9 Å². The third kappa shape index (κ3) is 2.72. The molecule has 1 amide bonds. The van der Waals surface area contributed by atoms with Crippen molar-refractivity contribution >= 4 is 33.6 Å². The Kier molecular flexibility index (Phi) is 3.70.